The molecule has 5 rings (SSSR count). The zero-order chi connectivity index (χ0) is 24.6. The number of alkyl carbamates (subject to hydrolysis) is 1. The van der Waals surface area contributed by atoms with Gasteiger partial charge in [-0.25, -0.2) is 4.79 Å². The summed E-state index contributed by atoms with van der Waals surface area (Å²) in [4.78, 5) is 39.5. The molecule has 1 aliphatic heterocycles. The minimum absolute atomic E-state index is 0.00423. The second-order valence-electron chi connectivity index (χ2n) is 9.70. The van der Waals surface area contributed by atoms with Gasteiger partial charge in [-0.2, -0.15) is 0 Å². The van der Waals surface area contributed by atoms with Crippen molar-refractivity contribution in [3.63, 3.8) is 0 Å². The molecule has 2 fully saturated rings. The van der Waals surface area contributed by atoms with Crippen LogP contribution in [0.5, 0.6) is 0 Å². The molecule has 1 heterocycles. The maximum absolute atomic E-state index is 13.2. The largest absolute Gasteiger partial charge is 0.481 e. The predicted molar refractivity (Wildman–Crippen MR) is 129 cm³/mol. The van der Waals surface area contributed by atoms with Gasteiger partial charge < -0.3 is 20.1 Å². The predicted octanol–water partition coefficient (Wildman–Crippen LogP) is 3.63. The Bertz CT molecular complexity index is 1170. The number of likely N-dealkylation sites (tertiary alicyclic amines) is 1. The van der Waals surface area contributed by atoms with E-state index >= 15 is 0 Å². The van der Waals surface area contributed by atoms with Gasteiger partial charge in [-0.3, -0.25) is 9.59 Å². The third kappa shape index (κ3) is 3.93. The molecule has 1 unspecified atom stereocenters. The van der Waals surface area contributed by atoms with E-state index in [1.165, 1.54) is 0 Å². The quantitative estimate of drug-likeness (QED) is 0.626. The van der Waals surface area contributed by atoms with Gasteiger partial charge in [0, 0.05) is 25.4 Å². The molecule has 3 atom stereocenters. The van der Waals surface area contributed by atoms with Crippen molar-refractivity contribution in [3.05, 3.63) is 59.7 Å². The molecule has 0 aromatic heterocycles. The minimum atomic E-state index is -0.958. The van der Waals surface area contributed by atoms with E-state index in [1.54, 1.807) is 4.90 Å². The van der Waals surface area contributed by atoms with Crippen LogP contribution in [0.1, 0.15) is 42.7 Å². The molecule has 7 nitrogen and oxygen atoms in total. The second-order valence-corrected chi connectivity index (χ2v) is 9.70. The molecule has 1 saturated carbocycles. The van der Waals surface area contributed by atoms with Crippen LogP contribution in [0, 0.1) is 23.7 Å². The number of fused-ring (bicyclic) bond motifs is 4. The van der Waals surface area contributed by atoms with E-state index < -0.39 is 23.5 Å². The highest BCUT2D eigenvalue weighted by atomic mass is 16.5. The fourth-order valence-electron chi connectivity index (χ4n) is 6.13. The number of nitrogens with zero attached hydrogens (tertiary/aromatic N) is 1. The molecule has 1 saturated heterocycles. The lowest BCUT2D eigenvalue weighted by molar-refractivity contribution is -0.149. The topological polar surface area (TPSA) is 95.9 Å². The van der Waals surface area contributed by atoms with E-state index in [-0.39, 0.29) is 37.3 Å². The number of carboxylic acid groups (broad SMARTS) is 1. The molecule has 7 heteroatoms. The van der Waals surface area contributed by atoms with E-state index in [0.717, 1.165) is 35.1 Å². The van der Waals surface area contributed by atoms with E-state index in [0.29, 0.717) is 13.0 Å². The van der Waals surface area contributed by atoms with Crippen LogP contribution in [-0.4, -0.2) is 53.7 Å². The van der Waals surface area contributed by atoms with Gasteiger partial charge in [0.2, 0.25) is 5.91 Å². The van der Waals surface area contributed by atoms with Crippen molar-refractivity contribution in [2.24, 2.45) is 11.3 Å². The Kier molecular flexibility index (Phi) is 5.98. The SMILES string of the molecule is C#CCC(NC(=O)OCC1c2ccccc2-c2ccccc21)C(=O)N1C[C@H]2CCC[C@@]2(C(=O)O)C1. The van der Waals surface area contributed by atoms with Gasteiger partial charge in [0.1, 0.15) is 12.6 Å². The third-order valence-corrected chi connectivity index (χ3v) is 7.86. The van der Waals surface area contributed by atoms with Crippen LogP contribution in [0.2, 0.25) is 0 Å². The van der Waals surface area contributed by atoms with Crippen LogP contribution in [0.15, 0.2) is 48.5 Å². The van der Waals surface area contributed by atoms with Crippen molar-refractivity contribution in [1.82, 2.24) is 10.2 Å². The van der Waals surface area contributed by atoms with Crippen molar-refractivity contribution >= 4 is 18.0 Å². The van der Waals surface area contributed by atoms with E-state index in [1.807, 2.05) is 36.4 Å². The Morgan fingerprint density at radius 1 is 1.14 bits per heavy atom. The lowest BCUT2D eigenvalue weighted by atomic mass is 9.81. The van der Waals surface area contributed by atoms with Crippen LogP contribution in [0.25, 0.3) is 11.1 Å². The molecule has 2 aliphatic carbocycles. The van der Waals surface area contributed by atoms with E-state index in [4.69, 9.17) is 11.2 Å². The Morgan fingerprint density at radius 2 is 1.80 bits per heavy atom. The first-order chi connectivity index (χ1) is 16.9. The minimum Gasteiger partial charge on any atom is -0.481 e. The molecular formula is C28H28N2O5. The highest BCUT2D eigenvalue weighted by Gasteiger charge is 2.56. The van der Waals surface area contributed by atoms with E-state index in [9.17, 15) is 19.5 Å². The zero-order valence-corrected chi connectivity index (χ0v) is 19.4. The monoisotopic (exact) mass is 472 g/mol. The number of ether oxygens (including phenoxy) is 1. The first-order valence-electron chi connectivity index (χ1n) is 12.0. The standard InChI is InChI=1S/C28H28N2O5/c1-2-8-24(25(31)30-15-18-9-7-14-28(18,17-30)26(32)33)29-27(34)35-16-23-21-12-5-3-10-19(21)20-11-4-6-13-22(20)23/h1,3-6,10-13,18,23-24H,7-9,14-17H2,(H,29,34)(H,32,33)/t18-,24?,28-/m1/s1. The number of carboxylic acids is 1. The molecular weight excluding hydrogens is 444 g/mol. The first-order valence-corrected chi connectivity index (χ1v) is 12.0. The summed E-state index contributed by atoms with van der Waals surface area (Å²) in [6, 6.07) is 15.1. The normalized spacial score (nSPS) is 23.1. The number of amides is 2. The molecule has 180 valence electrons. The van der Waals surface area contributed by atoms with Crippen LogP contribution in [0.4, 0.5) is 4.79 Å². The number of benzene rings is 2. The van der Waals surface area contributed by atoms with Crippen molar-refractivity contribution in [1.29, 1.82) is 0 Å². The van der Waals surface area contributed by atoms with Gasteiger partial charge in [0.05, 0.1) is 5.41 Å². The molecule has 0 radical (unpaired) electrons. The van der Waals surface area contributed by atoms with Crippen LogP contribution < -0.4 is 5.32 Å². The molecule has 2 N–H and O–H groups in total. The molecule has 0 bridgehead atoms. The summed E-state index contributed by atoms with van der Waals surface area (Å²) in [6.07, 6.45) is 6.97. The summed E-state index contributed by atoms with van der Waals surface area (Å²) >= 11 is 0. The number of carbonyl (C=O) groups excluding carboxylic acids is 2. The van der Waals surface area contributed by atoms with Crippen molar-refractivity contribution in [3.8, 4) is 23.5 Å². The number of rotatable bonds is 6. The number of terminal acetylenes is 1. The molecule has 2 aromatic carbocycles. The van der Waals surface area contributed by atoms with Gasteiger partial charge in [0.15, 0.2) is 0 Å². The average molecular weight is 473 g/mol. The molecule has 3 aliphatic rings. The fourth-order valence-corrected chi connectivity index (χ4v) is 6.13. The summed E-state index contributed by atoms with van der Waals surface area (Å²) < 4.78 is 5.58. The molecule has 2 amide bonds. The van der Waals surface area contributed by atoms with Gasteiger partial charge in [-0.1, -0.05) is 55.0 Å². The summed E-state index contributed by atoms with van der Waals surface area (Å²) in [6.45, 7) is 0.655. The Labute approximate surface area is 204 Å². The van der Waals surface area contributed by atoms with Crippen molar-refractivity contribution < 1.29 is 24.2 Å². The summed E-state index contributed by atoms with van der Waals surface area (Å²) in [5, 5.41) is 12.4. The van der Waals surface area contributed by atoms with Crippen molar-refractivity contribution in [2.45, 2.75) is 37.6 Å². The number of hydrogen-bond donors (Lipinski definition) is 2. The first kappa shape index (κ1) is 23.0. The van der Waals surface area contributed by atoms with Gasteiger partial charge in [0.25, 0.3) is 0 Å². The fraction of sp³-hybridized carbons (Fsp3) is 0.393. The summed E-state index contributed by atoms with van der Waals surface area (Å²) in [7, 11) is 0. The lowest BCUT2D eigenvalue weighted by Gasteiger charge is -2.26. The summed E-state index contributed by atoms with van der Waals surface area (Å²) in [5.41, 5.74) is 3.56. The number of aliphatic carboxylic acids is 1. The number of carbonyl (C=O) groups is 3. The smallest absolute Gasteiger partial charge is 0.407 e. The van der Waals surface area contributed by atoms with E-state index in [2.05, 4.69) is 23.4 Å². The van der Waals surface area contributed by atoms with Gasteiger partial charge in [-0.15, -0.1) is 12.3 Å². The molecule has 2 aromatic rings. The maximum Gasteiger partial charge on any atom is 0.407 e. The number of hydrogen-bond acceptors (Lipinski definition) is 4. The molecule has 35 heavy (non-hydrogen) atoms. The number of nitrogens with one attached hydrogen (secondary N) is 1. The molecule has 0 spiro atoms. The third-order valence-electron chi connectivity index (χ3n) is 7.86. The highest BCUT2D eigenvalue weighted by molar-refractivity contribution is 5.88. The van der Waals surface area contributed by atoms with Gasteiger partial charge >= 0.3 is 12.1 Å². The summed E-state index contributed by atoms with van der Waals surface area (Å²) in [5.74, 6) is 1.08. The van der Waals surface area contributed by atoms with Crippen LogP contribution >= 0.6 is 0 Å². The van der Waals surface area contributed by atoms with Crippen molar-refractivity contribution in [2.75, 3.05) is 19.7 Å². The van der Waals surface area contributed by atoms with Crippen LogP contribution in [0.3, 0.4) is 0 Å². The maximum atomic E-state index is 13.2. The Morgan fingerprint density at radius 3 is 2.40 bits per heavy atom. The Balaban J connectivity index is 1.25. The highest BCUT2D eigenvalue weighted by Crippen LogP contribution is 2.49. The Hall–Kier alpha value is -3.79. The van der Waals surface area contributed by atoms with Crippen LogP contribution in [-0.2, 0) is 14.3 Å². The second kappa shape index (κ2) is 9.10. The van der Waals surface area contributed by atoms with Gasteiger partial charge in [-0.05, 0) is 41.0 Å². The lowest BCUT2D eigenvalue weighted by Crippen LogP contribution is -2.49. The average Bonchev–Trinajstić information content (AvgIpc) is 3.52. The zero-order valence-electron chi connectivity index (χ0n) is 19.4.